The van der Waals surface area contributed by atoms with Gasteiger partial charge in [-0.25, -0.2) is 8.42 Å². The lowest BCUT2D eigenvalue weighted by Crippen LogP contribution is -2.16. The third kappa shape index (κ3) is 4.71. The second kappa shape index (κ2) is 7.68. The van der Waals surface area contributed by atoms with E-state index in [1.807, 2.05) is 6.07 Å². The molecule has 130 valence electrons. The molecule has 0 aliphatic rings. The molecule has 0 unspecified atom stereocenters. The SMILES string of the molecule is CCS(=O)(=O)Nc1ccc(NC(=O)c2ccc(C#N)cc2)cc1OC. The third-order valence-electron chi connectivity index (χ3n) is 3.38. The zero-order valence-corrected chi connectivity index (χ0v) is 14.6. The van der Waals surface area contributed by atoms with Gasteiger partial charge in [-0.05, 0) is 43.3 Å². The normalized spacial score (nSPS) is 10.6. The summed E-state index contributed by atoms with van der Waals surface area (Å²) in [7, 11) is -2.03. The highest BCUT2D eigenvalue weighted by molar-refractivity contribution is 7.92. The van der Waals surface area contributed by atoms with Crippen LogP contribution < -0.4 is 14.8 Å². The van der Waals surface area contributed by atoms with Crippen LogP contribution in [0.25, 0.3) is 0 Å². The van der Waals surface area contributed by atoms with Gasteiger partial charge in [-0.1, -0.05) is 0 Å². The monoisotopic (exact) mass is 359 g/mol. The molecule has 2 N–H and O–H groups in total. The summed E-state index contributed by atoms with van der Waals surface area (Å²) < 4.78 is 31.0. The van der Waals surface area contributed by atoms with Crippen LogP contribution in [0.2, 0.25) is 0 Å². The second-order valence-electron chi connectivity index (χ2n) is 5.06. The lowest BCUT2D eigenvalue weighted by Gasteiger charge is -2.13. The molecule has 0 saturated carbocycles. The number of nitrogens with one attached hydrogen (secondary N) is 2. The number of anilines is 2. The average Bonchev–Trinajstić information content (AvgIpc) is 2.62. The molecule has 0 spiro atoms. The number of nitriles is 1. The quantitative estimate of drug-likeness (QED) is 0.824. The highest BCUT2D eigenvalue weighted by atomic mass is 32.2. The summed E-state index contributed by atoms with van der Waals surface area (Å²) in [6.45, 7) is 1.53. The van der Waals surface area contributed by atoms with E-state index in [9.17, 15) is 13.2 Å². The third-order valence-corrected chi connectivity index (χ3v) is 4.67. The molecule has 0 saturated heterocycles. The van der Waals surface area contributed by atoms with E-state index in [0.29, 0.717) is 22.5 Å². The number of sulfonamides is 1. The first-order chi connectivity index (χ1) is 11.9. The van der Waals surface area contributed by atoms with Crippen LogP contribution in [0.5, 0.6) is 5.75 Å². The highest BCUT2D eigenvalue weighted by Crippen LogP contribution is 2.29. The van der Waals surface area contributed by atoms with Gasteiger partial charge in [0.25, 0.3) is 5.91 Å². The van der Waals surface area contributed by atoms with Gasteiger partial charge in [0.05, 0.1) is 30.2 Å². The minimum atomic E-state index is -3.43. The number of rotatable bonds is 6. The van der Waals surface area contributed by atoms with Gasteiger partial charge in [0, 0.05) is 17.3 Å². The smallest absolute Gasteiger partial charge is 0.255 e. The topological polar surface area (TPSA) is 108 Å². The summed E-state index contributed by atoms with van der Waals surface area (Å²) in [6.07, 6.45) is 0. The Morgan fingerprint density at radius 1 is 1.20 bits per heavy atom. The molecule has 0 bridgehead atoms. The summed E-state index contributed by atoms with van der Waals surface area (Å²) in [5.41, 5.74) is 1.60. The molecule has 25 heavy (non-hydrogen) atoms. The van der Waals surface area contributed by atoms with Crippen LogP contribution in [0.1, 0.15) is 22.8 Å². The Morgan fingerprint density at radius 2 is 1.88 bits per heavy atom. The Kier molecular flexibility index (Phi) is 5.62. The fourth-order valence-electron chi connectivity index (χ4n) is 1.99. The maximum absolute atomic E-state index is 12.2. The van der Waals surface area contributed by atoms with Gasteiger partial charge in [-0.15, -0.1) is 0 Å². The van der Waals surface area contributed by atoms with Crippen LogP contribution in [0.15, 0.2) is 42.5 Å². The van der Waals surface area contributed by atoms with Crippen molar-refractivity contribution in [3.05, 3.63) is 53.6 Å². The number of hydrogen-bond donors (Lipinski definition) is 2. The highest BCUT2D eigenvalue weighted by Gasteiger charge is 2.13. The van der Waals surface area contributed by atoms with Crippen molar-refractivity contribution in [2.75, 3.05) is 22.9 Å². The Balaban J connectivity index is 2.19. The summed E-state index contributed by atoms with van der Waals surface area (Å²) in [5, 5.41) is 11.5. The standard InChI is InChI=1S/C17H17N3O4S/c1-3-25(22,23)20-15-9-8-14(10-16(15)24-2)19-17(21)13-6-4-12(11-18)5-7-13/h4-10,20H,3H2,1-2H3,(H,19,21). The first-order valence-electron chi connectivity index (χ1n) is 7.38. The Morgan fingerprint density at radius 3 is 2.44 bits per heavy atom. The van der Waals surface area contributed by atoms with Crippen LogP contribution in [0, 0.1) is 11.3 Å². The number of carbonyl (C=O) groups is 1. The van der Waals surface area contributed by atoms with Gasteiger partial charge in [-0.3, -0.25) is 9.52 Å². The van der Waals surface area contributed by atoms with Crippen molar-refractivity contribution in [3.63, 3.8) is 0 Å². The van der Waals surface area contributed by atoms with Crippen molar-refractivity contribution >= 4 is 27.3 Å². The Hall–Kier alpha value is -3.05. The number of benzene rings is 2. The second-order valence-corrected chi connectivity index (χ2v) is 7.07. The minimum absolute atomic E-state index is 0.0622. The van der Waals surface area contributed by atoms with E-state index >= 15 is 0 Å². The fraction of sp³-hybridized carbons (Fsp3) is 0.176. The predicted molar refractivity (Wildman–Crippen MR) is 95.2 cm³/mol. The summed E-state index contributed by atoms with van der Waals surface area (Å²) in [6, 6.07) is 12.8. The molecular weight excluding hydrogens is 342 g/mol. The summed E-state index contributed by atoms with van der Waals surface area (Å²) >= 11 is 0. The molecule has 0 heterocycles. The molecule has 8 heteroatoms. The van der Waals surface area contributed by atoms with Crippen molar-refractivity contribution in [1.82, 2.24) is 0 Å². The Bertz CT molecular complexity index is 916. The van der Waals surface area contributed by atoms with Crippen molar-refractivity contribution in [2.45, 2.75) is 6.92 Å². The van der Waals surface area contributed by atoms with E-state index < -0.39 is 10.0 Å². The van der Waals surface area contributed by atoms with Crippen LogP contribution in [0.3, 0.4) is 0 Å². The van der Waals surface area contributed by atoms with Crippen molar-refractivity contribution in [1.29, 1.82) is 5.26 Å². The molecule has 2 aromatic carbocycles. The molecular formula is C17H17N3O4S. The molecule has 0 radical (unpaired) electrons. The number of carbonyl (C=O) groups excluding carboxylic acids is 1. The molecule has 1 amide bonds. The van der Waals surface area contributed by atoms with Crippen molar-refractivity contribution in [2.24, 2.45) is 0 Å². The maximum atomic E-state index is 12.2. The lowest BCUT2D eigenvalue weighted by atomic mass is 10.1. The molecule has 0 aliphatic heterocycles. The van der Waals surface area contributed by atoms with Crippen molar-refractivity contribution in [3.8, 4) is 11.8 Å². The Labute approximate surface area is 146 Å². The van der Waals surface area contributed by atoms with E-state index in [2.05, 4.69) is 10.0 Å². The average molecular weight is 359 g/mol. The number of hydrogen-bond acceptors (Lipinski definition) is 5. The zero-order valence-electron chi connectivity index (χ0n) is 13.7. The molecule has 7 nitrogen and oxygen atoms in total. The summed E-state index contributed by atoms with van der Waals surface area (Å²) in [4.78, 5) is 12.2. The molecule has 0 aliphatic carbocycles. The number of ether oxygens (including phenoxy) is 1. The van der Waals surface area contributed by atoms with Gasteiger partial charge in [0.1, 0.15) is 5.75 Å². The van der Waals surface area contributed by atoms with Crippen LogP contribution in [0.4, 0.5) is 11.4 Å². The maximum Gasteiger partial charge on any atom is 0.255 e. The van der Waals surface area contributed by atoms with E-state index in [-0.39, 0.29) is 17.4 Å². The number of methoxy groups -OCH3 is 1. The van der Waals surface area contributed by atoms with Gasteiger partial charge in [0.15, 0.2) is 0 Å². The first-order valence-corrected chi connectivity index (χ1v) is 9.04. The molecule has 2 rings (SSSR count). The number of nitrogens with zero attached hydrogens (tertiary/aromatic N) is 1. The van der Waals surface area contributed by atoms with Crippen LogP contribution >= 0.6 is 0 Å². The molecule has 2 aromatic rings. The minimum Gasteiger partial charge on any atom is -0.494 e. The molecule has 0 atom stereocenters. The zero-order chi connectivity index (χ0) is 18.4. The lowest BCUT2D eigenvalue weighted by molar-refractivity contribution is 0.102. The van der Waals surface area contributed by atoms with Gasteiger partial charge >= 0.3 is 0 Å². The first kappa shape index (κ1) is 18.3. The fourth-order valence-corrected chi connectivity index (χ4v) is 2.64. The van der Waals surface area contributed by atoms with Gasteiger partial charge < -0.3 is 10.1 Å². The van der Waals surface area contributed by atoms with E-state index in [4.69, 9.17) is 10.00 Å². The van der Waals surface area contributed by atoms with Gasteiger partial charge in [0.2, 0.25) is 10.0 Å². The molecule has 0 aromatic heterocycles. The number of amides is 1. The van der Waals surface area contributed by atoms with Crippen molar-refractivity contribution < 1.29 is 17.9 Å². The van der Waals surface area contributed by atoms with E-state index in [1.165, 1.54) is 26.2 Å². The summed E-state index contributed by atoms with van der Waals surface area (Å²) in [5.74, 6) is -0.129. The molecule has 0 fully saturated rings. The van der Waals surface area contributed by atoms with Crippen LogP contribution in [-0.4, -0.2) is 27.2 Å². The largest absolute Gasteiger partial charge is 0.494 e. The van der Waals surface area contributed by atoms with E-state index in [0.717, 1.165) is 0 Å². The van der Waals surface area contributed by atoms with E-state index in [1.54, 1.807) is 30.3 Å². The predicted octanol–water partition coefficient (Wildman–Crippen LogP) is 2.58. The van der Waals surface area contributed by atoms with Gasteiger partial charge in [-0.2, -0.15) is 5.26 Å². The van der Waals surface area contributed by atoms with Crippen LogP contribution in [-0.2, 0) is 10.0 Å².